The number of thiazole rings is 1. The van der Waals surface area contributed by atoms with Gasteiger partial charge in [0.25, 0.3) is 0 Å². The van der Waals surface area contributed by atoms with Crippen LogP contribution in [-0.2, 0) is 19.4 Å². The number of aromatic nitrogens is 1. The zero-order valence-corrected chi connectivity index (χ0v) is 10.7. The number of nitrogens with zero attached hydrogens (tertiary/aromatic N) is 1. The van der Waals surface area contributed by atoms with E-state index in [-0.39, 0.29) is 0 Å². The van der Waals surface area contributed by atoms with Crippen LogP contribution in [-0.4, -0.2) is 11.0 Å². The van der Waals surface area contributed by atoms with Crippen molar-refractivity contribution in [1.82, 2.24) is 10.3 Å². The van der Waals surface area contributed by atoms with Crippen LogP contribution in [0.3, 0.4) is 0 Å². The third kappa shape index (κ3) is 2.58. The number of aryl methyl sites for hydroxylation is 2. The summed E-state index contributed by atoms with van der Waals surface area (Å²) in [6.45, 7) is 7.68. The lowest BCUT2D eigenvalue weighted by Gasteiger charge is -2.16. The molecule has 1 heterocycles. The fraction of sp³-hybridized carbons (Fsp3) is 0.750. The Morgan fingerprint density at radius 2 is 2.13 bits per heavy atom. The van der Waals surface area contributed by atoms with Gasteiger partial charge in [-0.2, -0.15) is 0 Å². The molecule has 0 bridgehead atoms. The van der Waals surface area contributed by atoms with Crippen LogP contribution in [0.4, 0.5) is 0 Å². The van der Waals surface area contributed by atoms with E-state index in [1.165, 1.54) is 34.8 Å². The minimum Gasteiger partial charge on any atom is -0.308 e. The predicted octanol–water partition coefficient (Wildman–Crippen LogP) is 2.77. The van der Waals surface area contributed by atoms with Crippen LogP contribution in [0, 0.1) is 5.92 Å². The summed E-state index contributed by atoms with van der Waals surface area (Å²) >= 11 is 1.90. The first-order valence-electron chi connectivity index (χ1n) is 5.87. The summed E-state index contributed by atoms with van der Waals surface area (Å²) < 4.78 is 0. The average Bonchev–Trinajstić information content (AvgIpc) is 2.72. The van der Waals surface area contributed by atoms with Gasteiger partial charge in [-0.15, -0.1) is 11.3 Å². The third-order valence-electron chi connectivity index (χ3n) is 3.22. The number of hydrogen-bond donors (Lipinski definition) is 1. The molecule has 2 rings (SSSR count). The summed E-state index contributed by atoms with van der Waals surface area (Å²) in [6, 6.07) is 0.573. The molecule has 1 unspecified atom stereocenters. The molecular formula is C12H20N2S. The Labute approximate surface area is 96.1 Å². The number of hydrogen-bond acceptors (Lipinski definition) is 3. The van der Waals surface area contributed by atoms with Crippen LogP contribution < -0.4 is 5.32 Å². The van der Waals surface area contributed by atoms with E-state index in [1.807, 2.05) is 11.3 Å². The molecule has 0 amide bonds. The SMILES string of the molecule is CC(C)C(C)NCc1nc2c(s1)CCC2. The molecule has 0 saturated carbocycles. The van der Waals surface area contributed by atoms with Crippen molar-refractivity contribution in [2.45, 2.75) is 52.6 Å². The Balaban J connectivity index is 1.89. The van der Waals surface area contributed by atoms with Gasteiger partial charge in [0.2, 0.25) is 0 Å². The Morgan fingerprint density at radius 1 is 1.33 bits per heavy atom. The van der Waals surface area contributed by atoms with Crippen LogP contribution in [0.5, 0.6) is 0 Å². The fourth-order valence-electron chi connectivity index (χ4n) is 1.80. The molecule has 1 N–H and O–H groups in total. The minimum absolute atomic E-state index is 0.573. The second-order valence-electron chi connectivity index (χ2n) is 4.74. The van der Waals surface area contributed by atoms with Crippen molar-refractivity contribution >= 4 is 11.3 Å². The number of fused-ring (bicyclic) bond motifs is 1. The van der Waals surface area contributed by atoms with Gasteiger partial charge in [0.15, 0.2) is 0 Å². The topological polar surface area (TPSA) is 24.9 Å². The lowest BCUT2D eigenvalue weighted by Crippen LogP contribution is -2.30. The molecule has 0 aliphatic heterocycles. The van der Waals surface area contributed by atoms with Gasteiger partial charge < -0.3 is 5.32 Å². The van der Waals surface area contributed by atoms with Crippen molar-refractivity contribution in [2.75, 3.05) is 0 Å². The van der Waals surface area contributed by atoms with Gasteiger partial charge in [-0.25, -0.2) is 4.98 Å². The van der Waals surface area contributed by atoms with E-state index in [4.69, 9.17) is 0 Å². The summed E-state index contributed by atoms with van der Waals surface area (Å²) in [7, 11) is 0. The van der Waals surface area contributed by atoms with Crippen molar-refractivity contribution < 1.29 is 0 Å². The Bertz CT molecular complexity index is 309. The summed E-state index contributed by atoms with van der Waals surface area (Å²) in [4.78, 5) is 6.21. The molecular weight excluding hydrogens is 204 g/mol. The van der Waals surface area contributed by atoms with E-state index in [9.17, 15) is 0 Å². The van der Waals surface area contributed by atoms with Crippen LogP contribution in [0.1, 0.15) is 42.8 Å². The van der Waals surface area contributed by atoms with Crippen molar-refractivity contribution in [3.05, 3.63) is 15.6 Å². The molecule has 0 radical (unpaired) electrons. The van der Waals surface area contributed by atoms with E-state index in [0.717, 1.165) is 6.54 Å². The maximum absolute atomic E-state index is 4.68. The molecule has 1 atom stereocenters. The summed E-state index contributed by atoms with van der Waals surface area (Å²) in [5.74, 6) is 0.691. The maximum atomic E-state index is 4.68. The highest BCUT2D eigenvalue weighted by Gasteiger charge is 2.16. The van der Waals surface area contributed by atoms with Gasteiger partial charge >= 0.3 is 0 Å². The van der Waals surface area contributed by atoms with Crippen LogP contribution in [0.2, 0.25) is 0 Å². The van der Waals surface area contributed by atoms with Gasteiger partial charge in [0.1, 0.15) is 5.01 Å². The van der Waals surface area contributed by atoms with Gasteiger partial charge in [-0.05, 0) is 32.1 Å². The molecule has 1 aliphatic carbocycles. The fourth-order valence-corrected chi connectivity index (χ4v) is 2.91. The second kappa shape index (κ2) is 4.62. The summed E-state index contributed by atoms with van der Waals surface area (Å²) in [5.41, 5.74) is 1.37. The Hall–Kier alpha value is -0.410. The van der Waals surface area contributed by atoms with Gasteiger partial charge in [-0.3, -0.25) is 0 Å². The molecule has 2 nitrogen and oxygen atoms in total. The lowest BCUT2D eigenvalue weighted by atomic mass is 10.1. The zero-order chi connectivity index (χ0) is 10.8. The number of rotatable bonds is 4. The Morgan fingerprint density at radius 3 is 2.80 bits per heavy atom. The summed E-state index contributed by atoms with van der Waals surface area (Å²) in [6.07, 6.45) is 3.77. The van der Waals surface area contributed by atoms with Crippen molar-refractivity contribution in [1.29, 1.82) is 0 Å². The van der Waals surface area contributed by atoms with Gasteiger partial charge in [0.05, 0.1) is 5.69 Å². The first kappa shape index (κ1) is 11.1. The molecule has 0 aromatic carbocycles. The van der Waals surface area contributed by atoms with Crippen molar-refractivity contribution in [3.8, 4) is 0 Å². The first-order valence-corrected chi connectivity index (χ1v) is 6.69. The molecule has 0 saturated heterocycles. The second-order valence-corrected chi connectivity index (χ2v) is 5.91. The monoisotopic (exact) mass is 224 g/mol. The normalized spacial score (nSPS) is 17.1. The molecule has 3 heteroatoms. The molecule has 84 valence electrons. The molecule has 0 spiro atoms. The highest BCUT2D eigenvalue weighted by molar-refractivity contribution is 7.11. The lowest BCUT2D eigenvalue weighted by molar-refractivity contribution is 0.425. The van der Waals surface area contributed by atoms with Gasteiger partial charge in [0, 0.05) is 17.5 Å². The van der Waals surface area contributed by atoms with E-state index >= 15 is 0 Å². The van der Waals surface area contributed by atoms with Crippen LogP contribution in [0.25, 0.3) is 0 Å². The predicted molar refractivity (Wildman–Crippen MR) is 65.3 cm³/mol. The highest BCUT2D eigenvalue weighted by atomic mass is 32.1. The van der Waals surface area contributed by atoms with Crippen LogP contribution in [0.15, 0.2) is 0 Å². The van der Waals surface area contributed by atoms with E-state index < -0.39 is 0 Å². The molecule has 0 fully saturated rings. The largest absolute Gasteiger partial charge is 0.308 e. The minimum atomic E-state index is 0.573. The molecule has 1 aliphatic rings. The molecule has 1 aromatic heterocycles. The van der Waals surface area contributed by atoms with E-state index in [2.05, 4.69) is 31.1 Å². The van der Waals surface area contributed by atoms with E-state index in [0.29, 0.717) is 12.0 Å². The quantitative estimate of drug-likeness (QED) is 0.850. The van der Waals surface area contributed by atoms with Crippen molar-refractivity contribution in [2.24, 2.45) is 5.92 Å². The molecule has 15 heavy (non-hydrogen) atoms. The standard InChI is InChI=1S/C12H20N2S/c1-8(2)9(3)13-7-12-14-10-5-4-6-11(10)15-12/h8-9,13H,4-7H2,1-3H3. The maximum Gasteiger partial charge on any atom is 0.107 e. The highest BCUT2D eigenvalue weighted by Crippen LogP contribution is 2.27. The molecule has 1 aromatic rings. The van der Waals surface area contributed by atoms with Gasteiger partial charge in [-0.1, -0.05) is 13.8 Å². The average molecular weight is 224 g/mol. The van der Waals surface area contributed by atoms with E-state index in [1.54, 1.807) is 0 Å². The Kier molecular flexibility index (Phi) is 3.42. The first-order chi connectivity index (χ1) is 7.16. The van der Waals surface area contributed by atoms with Crippen molar-refractivity contribution in [3.63, 3.8) is 0 Å². The van der Waals surface area contributed by atoms with Crippen LogP contribution >= 0.6 is 11.3 Å². The smallest absolute Gasteiger partial charge is 0.107 e. The summed E-state index contributed by atoms with van der Waals surface area (Å²) in [5, 5.41) is 4.81. The zero-order valence-electron chi connectivity index (χ0n) is 9.84. The number of nitrogens with one attached hydrogen (secondary N) is 1. The third-order valence-corrected chi connectivity index (χ3v) is 4.37.